The van der Waals surface area contributed by atoms with Crippen molar-refractivity contribution in [1.29, 1.82) is 0 Å². The molecule has 0 radical (unpaired) electrons. The van der Waals surface area contributed by atoms with E-state index in [1.165, 1.54) is 11.8 Å². The molecule has 3 aromatic carbocycles. The van der Waals surface area contributed by atoms with Crippen molar-refractivity contribution in [3.63, 3.8) is 0 Å². The van der Waals surface area contributed by atoms with Gasteiger partial charge in [-0.25, -0.2) is 5.01 Å². The summed E-state index contributed by atoms with van der Waals surface area (Å²) >= 11 is 7.35. The minimum atomic E-state index is -0.602. The fourth-order valence-electron chi connectivity index (χ4n) is 4.10. The maximum absolute atomic E-state index is 12.8. The molecular formula is C27H23ClN4O3S. The van der Waals surface area contributed by atoms with Crippen LogP contribution in [0.1, 0.15) is 30.0 Å². The predicted molar refractivity (Wildman–Crippen MR) is 144 cm³/mol. The fourth-order valence-corrected chi connectivity index (χ4v) is 5.28. The smallest absolute Gasteiger partial charge is 0.262 e. The third kappa shape index (κ3) is 5.29. The summed E-state index contributed by atoms with van der Waals surface area (Å²) in [6.45, 7) is 0. The molecule has 0 fully saturated rings. The molecule has 2 amide bonds. The summed E-state index contributed by atoms with van der Waals surface area (Å²) in [4.78, 5) is 29.6. The Morgan fingerprint density at radius 3 is 2.50 bits per heavy atom. The Morgan fingerprint density at radius 1 is 1.08 bits per heavy atom. The molecule has 0 saturated heterocycles. The maximum Gasteiger partial charge on any atom is 0.262 e. The Labute approximate surface area is 218 Å². The molecule has 3 aromatic rings. The van der Waals surface area contributed by atoms with Gasteiger partial charge in [0.2, 0.25) is 5.91 Å². The maximum atomic E-state index is 12.8. The minimum Gasteiger partial charge on any atom is -0.497 e. The molecule has 0 aromatic heterocycles. The number of ether oxygens (including phenoxy) is 1. The highest BCUT2D eigenvalue weighted by molar-refractivity contribution is 8.15. The van der Waals surface area contributed by atoms with Crippen LogP contribution >= 0.6 is 23.4 Å². The number of nitrogens with one attached hydrogen (secondary N) is 1. The molecule has 36 heavy (non-hydrogen) atoms. The molecule has 2 aliphatic rings. The Balaban J connectivity index is 1.36. The Hall–Kier alpha value is -3.62. The second-order valence-electron chi connectivity index (χ2n) is 8.35. The molecular weight excluding hydrogens is 496 g/mol. The van der Waals surface area contributed by atoms with Gasteiger partial charge in [-0.3, -0.25) is 9.59 Å². The average molecular weight is 519 g/mol. The van der Waals surface area contributed by atoms with Crippen molar-refractivity contribution >= 4 is 51.7 Å². The first-order valence-corrected chi connectivity index (χ1v) is 12.7. The van der Waals surface area contributed by atoms with Gasteiger partial charge < -0.3 is 10.1 Å². The molecule has 0 bridgehead atoms. The topological polar surface area (TPSA) is 83.4 Å². The molecule has 0 aliphatic carbocycles. The highest BCUT2D eigenvalue weighted by Crippen LogP contribution is 2.39. The lowest BCUT2D eigenvalue weighted by Crippen LogP contribution is -2.25. The summed E-state index contributed by atoms with van der Waals surface area (Å²) in [7, 11) is 1.63. The van der Waals surface area contributed by atoms with Crippen LogP contribution in [0.5, 0.6) is 5.75 Å². The first-order chi connectivity index (χ1) is 17.5. The summed E-state index contributed by atoms with van der Waals surface area (Å²) in [5.74, 6) is 0.193. The first-order valence-electron chi connectivity index (χ1n) is 11.4. The van der Waals surface area contributed by atoms with Gasteiger partial charge in [0.25, 0.3) is 5.91 Å². The van der Waals surface area contributed by atoms with E-state index in [2.05, 4.69) is 10.3 Å². The minimum absolute atomic E-state index is 0.0280. The zero-order chi connectivity index (χ0) is 25.1. The number of halogens is 1. The van der Waals surface area contributed by atoms with E-state index in [0.717, 1.165) is 22.6 Å². The van der Waals surface area contributed by atoms with Crippen LogP contribution in [0.3, 0.4) is 0 Å². The van der Waals surface area contributed by atoms with Gasteiger partial charge in [0, 0.05) is 23.6 Å². The van der Waals surface area contributed by atoms with Crippen LogP contribution in [0.25, 0.3) is 0 Å². The molecule has 5 rings (SSSR count). The Morgan fingerprint density at radius 2 is 1.81 bits per heavy atom. The van der Waals surface area contributed by atoms with Crippen LogP contribution in [0.15, 0.2) is 89.0 Å². The number of carbonyl (C=O) groups is 2. The number of thioether (sulfide) groups is 1. The zero-order valence-corrected chi connectivity index (χ0v) is 21.0. The predicted octanol–water partition coefficient (Wildman–Crippen LogP) is 5.53. The number of anilines is 1. The van der Waals surface area contributed by atoms with Gasteiger partial charge in [0.05, 0.1) is 18.9 Å². The van der Waals surface area contributed by atoms with Crippen LogP contribution in [0, 0.1) is 0 Å². The molecule has 0 unspecified atom stereocenters. The zero-order valence-electron chi connectivity index (χ0n) is 19.4. The number of hydrogen-bond donors (Lipinski definition) is 1. The molecule has 7 nitrogen and oxygen atoms in total. The third-order valence-electron chi connectivity index (χ3n) is 5.94. The van der Waals surface area contributed by atoms with Crippen LogP contribution in [0.2, 0.25) is 5.02 Å². The lowest BCUT2D eigenvalue weighted by Gasteiger charge is -2.23. The van der Waals surface area contributed by atoms with Crippen LogP contribution in [-0.2, 0) is 9.59 Å². The standard InChI is InChI=1S/C27H23ClN4O3S/c1-35-21-13-9-18(10-14-21)23-15-22(17-7-11-19(28)12-8-17)31-32(23)27-30-26(34)24(36-27)16-25(33)29-20-5-3-2-4-6-20/h2-14,23-24H,15-16H2,1H3,(H,29,33)/t23-,24+/m1/s1. The van der Waals surface area contributed by atoms with Crippen molar-refractivity contribution in [2.45, 2.75) is 24.1 Å². The second-order valence-corrected chi connectivity index (χ2v) is 9.95. The summed E-state index contributed by atoms with van der Waals surface area (Å²) in [6.07, 6.45) is 0.654. The monoisotopic (exact) mass is 518 g/mol. The van der Waals surface area contributed by atoms with Crippen LogP contribution in [0.4, 0.5) is 5.69 Å². The number of aliphatic imine (C=N–C) groups is 1. The Kier molecular flexibility index (Phi) is 7.06. The summed E-state index contributed by atoms with van der Waals surface area (Å²) in [5, 5.41) is 10.0. The number of amidine groups is 1. The SMILES string of the molecule is COc1ccc([C@H]2CC(c3ccc(Cl)cc3)=NN2C2=NC(=O)[C@H](CC(=O)Nc3ccccc3)S2)cc1. The Bertz CT molecular complexity index is 1330. The molecule has 2 aliphatic heterocycles. The number of nitrogens with zero attached hydrogens (tertiary/aromatic N) is 3. The molecule has 182 valence electrons. The lowest BCUT2D eigenvalue weighted by atomic mass is 9.98. The van der Waals surface area contributed by atoms with E-state index in [1.54, 1.807) is 24.3 Å². The third-order valence-corrected chi connectivity index (χ3v) is 7.34. The van der Waals surface area contributed by atoms with Crippen molar-refractivity contribution in [3.05, 3.63) is 95.0 Å². The summed E-state index contributed by atoms with van der Waals surface area (Å²) < 4.78 is 5.30. The summed E-state index contributed by atoms with van der Waals surface area (Å²) in [6, 6.07) is 24.3. The highest BCUT2D eigenvalue weighted by atomic mass is 35.5. The number of methoxy groups -OCH3 is 1. The quantitative estimate of drug-likeness (QED) is 0.464. The molecule has 9 heteroatoms. The largest absolute Gasteiger partial charge is 0.497 e. The number of benzene rings is 3. The van der Waals surface area contributed by atoms with Gasteiger partial charge in [0.1, 0.15) is 11.0 Å². The van der Waals surface area contributed by atoms with Crippen molar-refractivity contribution < 1.29 is 14.3 Å². The van der Waals surface area contributed by atoms with E-state index in [9.17, 15) is 9.59 Å². The van der Waals surface area contributed by atoms with E-state index >= 15 is 0 Å². The second kappa shape index (κ2) is 10.6. The normalized spacial score (nSPS) is 19.2. The number of rotatable bonds is 6. The van der Waals surface area contributed by atoms with Gasteiger partial charge in [-0.05, 0) is 47.5 Å². The van der Waals surface area contributed by atoms with Gasteiger partial charge in [0.15, 0.2) is 5.17 Å². The van der Waals surface area contributed by atoms with Gasteiger partial charge >= 0.3 is 0 Å². The number of amides is 2. The van der Waals surface area contributed by atoms with Crippen molar-refractivity contribution in [1.82, 2.24) is 5.01 Å². The highest BCUT2D eigenvalue weighted by Gasteiger charge is 2.39. The van der Waals surface area contributed by atoms with Crippen molar-refractivity contribution in [2.75, 3.05) is 12.4 Å². The molecule has 0 saturated carbocycles. The lowest BCUT2D eigenvalue weighted by molar-refractivity contribution is -0.121. The number of hydrogen-bond acceptors (Lipinski definition) is 6. The molecule has 2 heterocycles. The molecule has 2 atom stereocenters. The number of carbonyl (C=O) groups excluding carboxylic acids is 2. The van der Waals surface area contributed by atoms with Gasteiger partial charge in [-0.2, -0.15) is 10.1 Å². The van der Waals surface area contributed by atoms with Crippen LogP contribution in [-0.4, -0.2) is 40.1 Å². The van der Waals surface area contributed by atoms with Gasteiger partial charge in [-0.15, -0.1) is 0 Å². The number of hydrazone groups is 1. The first kappa shape index (κ1) is 24.1. The van der Waals surface area contributed by atoms with Crippen molar-refractivity contribution in [3.8, 4) is 5.75 Å². The van der Waals surface area contributed by atoms with E-state index in [1.807, 2.05) is 66.7 Å². The molecule has 0 spiro atoms. The van der Waals surface area contributed by atoms with E-state index < -0.39 is 5.25 Å². The summed E-state index contributed by atoms with van der Waals surface area (Å²) in [5.41, 5.74) is 3.53. The van der Waals surface area contributed by atoms with E-state index in [4.69, 9.17) is 21.4 Å². The van der Waals surface area contributed by atoms with E-state index in [0.29, 0.717) is 22.3 Å². The van der Waals surface area contributed by atoms with Crippen molar-refractivity contribution in [2.24, 2.45) is 10.1 Å². The molecule has 1 N–H and O–H groups in total. The number of para-hydroxylation sites is 1. The van der Waals surface area contributed by atoms with E-state index in [-0.39, 0.29) is 24.3 Å². The fraction of sp³-hybridized carbons (Fsp3) is 0.185. The van der Waals surface area contributed by atoms with Crippen LogP contribution < -0.4 is 10.1 Å². The van der Waals surface area contributed by atoms with Gasteiger partial charge in [-0.1, -0.05) is 65.8 Å². The average Bonchev–Trinajstić information content (AvgIpc) is 3.49.